The number of carbonyl (C=O) groups excluding carboxylic acids is 1. The van der Waals surface area contributed by atoms with Crippen molar-refractivity contribution in [2.45, 2.75) is 45.1 Å². The summed E-state index contributed by atoms with van der Waals surface area (Å²) in [7, 11) is 1.62. The van der Waals surface area contributed by atoms with Gasteiger partial charge >= 0.3 is 5.97 Å². The Labute approximate surface area is 124 Å². The van der Waals surface area contributed by atoms with Gasteiger partial charge in [-0.15, -0.1) is 0 Å². The van der Waals surface area contributed by atoms with Gasteiger partial charge in [0.15, 0.2) is 0 Å². The number of carboxylic acids is 1. The Morgan fingerprint density at radius 1 is 1.33 bits per heavy atom. The van der Waals surface area contributed by atoms with Crippen molar-refractivity contribution in [3.8, 4) is 0 Å². The number of primary amides is 1. The number of fused-ring (bicyclic) bond motifs is 1. The summed E-state index contributed by atoms with van der Waals surface area (Å²) in [5.74, 6) is -1.23. The lowest BCUT2D eigenvalue weighted by atomic mass is 9.94. The van der Waals surface area contributed by atoms with Crippen molar-refractivity contribution in [1.29, 1.82) is 0 Å². The molecule has 2 rings (SSSR count). The summed E-state index contributed by atoms with van der Waals surface area (Å²) in [6.45, 7) is 3.14. The molecule has 0 aliphatic heterocycles. The van der Waals surface area contributed by atoms with E-state index >= 15 is 0 Å². The molecule has 0 spiro atoms. The summed E-state index contributed by atoms with van der Waals surface area (Å²) in [4.78, 5) is 29.2. The lowest BCUT2D eigenvalue weighted by Crippen LogP contribution is -2.49. The average Bonchev–Trinajstić information content (AvgIpc) is 2.44. The molecule has 0 radical (unpaired) electrons. The highest BCUT2D eigenvalue weighted by molar-refractivity contribution is 5.99. The monoisotopic (exact) mass is 291 g/mol. The van der Waals surface area contributed by atoms with Crippen LogP contribution in [0.25, 0.3) is 0 Å². The van der Waals surface area contributed by atoms with Gasteiger partial charge in [-0.25, -0.2) is 9.78 Å². The second-order valence-electron chi connectivity index (χ2n) is 5.96. The van der Waals surface area contributed by atoms with Gasteiger partial charge in [0.05, 0.1) is 5.56 Å². The molecule has 0 bridgehead atoms. The molecule has 21 heavy (non-hydrogen) atoms. The zero-order valence-electron chi connectivity index (χ0n) is 12.6. The predicted molar refractivity (Wildman–Crippen MR) is 79.5 cm³/mol. The van der Waals surface area contributed by atoms with E-state index < -0.39 is 17.4 Å². The molecule has 6 heteroatoms. The number of carbonyl (C=O) groups is 2. The number of aromatic nitrogens is 1. The van der Waals surface area contributed by atoms with Crippen LogP contribution in [0.1, 0.15) is 48.3 Å². The number of nitrogens with zero attached hydrogens (tertiary/aromatic N) is 2. The van der Waals surface area contributed by atoms with Gasteiger partial charge in [0.2, 0.25) is 0 Å². The van der Waals surface area contributed by atoms with E-state index in [1.165, 1.54) is 4.90 Å². The van der Waals surface area contributed by atoms with E-state index in [0.29, 0.717) is 5.82 Å². The number of rotatable bonds is 4. The molecule has 1 amide bonds. The molecular weight excluding hydrogens is 270 g/mol. The molecule has 114 valence electrons. The molecule has 6 nitrogen and oxygen atoms in total. The Bertz CT molecular complexity index is 596. The first-order valence-electron chi connectivity index (χ1n) is 7.05. The molecule has 1 aromatic rings. The Hall–Kier alpha value is -2.11. The molecule has 3 N–H and O–H groups in total. The van der Waals surface area contributed by atoms with Crippen molar-refractivity contribution in [3.05, 3.63) is 22.9 Å². The van der Waals surface area contributed by atoms with Gasteiger partial charge in [-0.2, -0.15) is 0 Å². The maximum absolute atomic E-state index is 11.7. The molecular formula is C15H21N3O3. The zero-order valence-corrected chi connectivity index (χ0v) is 12.6. The lowest BCUT2D eigenvalue weighted by molar-refractivity contribution is -0.142. The highest BCUT2D eigenvalue weighted by Gasteiger charge is 2.35. The second kappa shape index (κ2) is 5.35. The third kappa shape index (κ3) is 2.70. The van der Waals surface area contributed by atoms with Crippen LogP contribution in [0, 0.1) is 0 Å². The molecule has 0 aromatic carbocycles. The van der Waals surface area contributed by atoms with Crippen molar-refractivity contribution in [2.75, 3.05) is 11.9 Å². The largest absolute Gasteiger partial charge is 0.480 e. The van der Waals surface area contributed by atoms with Crippen LogP contribution in [0.3, 0.4) is 0 Å². The zero-order chi connectivity index (χ0) is 15.8. The van der Waals surface area contributed by atoms with E-state index in [-0.39, 0.29) is 5.56 Å². The number of likely N-dealkylation sites (N-methyl/N-ethyl adjacent to an activating group) is 1. The van der Waals surface area contributed by atoms with Gasteiger partial charge < -0.3 is 15.7 Å². The fourth-order valence-corrected chi connectivity index (χ4v) is 2.47. The minimum Gasteiger partial charge on any atom is -0.480 e. The summed E-state index contributed by atoms with van der Waals surface area (Å²) in [6.07, 6.45) is 3.86. The third-order valence-corrected chi connectivity index (χ3v) is 4.23. The molecule has 1 aliphatic rings. The number of aliphatic carboxylic acids is 1. The summed E-state index contributed by atoms with van der Waals surface area (Å²) < 4.78 is 0. The minimum absolute atomic E-state index is 0.285. The van der Waals surface area contributed by atoms with Crippen molar-refractivity contribution in [1.82, 2.24) is 4.98 Å². The Kier molecular flexibility index (Phi) is 3.89. The number of amides is 1. The van der Waals surface area contributed by atoms with Gasteiger partial charge in [0.1, 0.15) is 11.4 Å². The maximum Gasteiger partial charge on any atom is 0.328 e. The van der Waals surface area contributed by atoms with Crippen LogP contribution in [-0.2, 0) is 17.6 Å². The first-order chi connectivity index (χ1) is 9.75. The van der Waals surface area contributed by atoms with Gasteiger partial charge in [-0.3, -0.25) is 4.79 Å². The smallest absolute Gasteiger partial charge is 0.328 e. The molecule has 0 unspecified atom stereocenters. The van der Waals surface area contributed by atoms with E-state index in [2.05, 4.69) is 4.98 Å². The van der Waals surface area contributed by atoms with E-state index in [9.17, 15) is 14.7 Å². The van der Waals surface area contributed by atoms with Crippen molar-refractivity contribution >= 4 is 17.7 Å². The van der Waals surface area contributed by atoms with E-state index in [1.807, 2.05) is 0 Å². The van der Waals surface area contributed by atoms with Crippen LogP contribution in [0.2, 0.25) is 0 Å². The van der Waals surface area contributed by atoms with Crippen LogP contribution < -0.4 is 10.6 Å². The maximum atomic E-state index is 11.7. The third-order valence-electron chi connectivity index (χ3n) is 4.23. The second-order valence-corrected chi connectivity index (χ2v) is 5.96. The van der Waals surface area contributed by atoms with Crippen LogP contribution >= 0.6 is 0 Å². The summed E-state index contributed by atoms with van der Waals surface area (Å²) in [6, 6.07) is 1.77. The van der Waals surface area contributed by atoms with Gasteiger partial charge in [-0.05, 0) is 51.2 Å². The molecule has 1 heterocycles. The van der Waals surface area contributed by atoms with E-state index in [4.69, 9.17) is 5.73 Å². The first kappa shape index (κ1) is 15.3. The quantitative estimate of drug-likeness (QED) is 0.873. The van der Waals surface area contributed by atoms with Gasteiger partial charge in [0, 0.05) is 12.7 Å². The number of carboxylic acid groups (broad SMARTS) is 1. The fourth-order valence-electron chi connectivity index (χ4n) is 2.47. The van der Waals surface area contributed by atoms with Gasteiger partial charge in [-0.1, -0.05) is 0 Å². The highest BCUT2D eigenvalue weighted by atomic mass is 16.4. The predicted octanol–water partition coefficient (Wildman–Crippen LogP) is 1.36. The number of nitrogens with two attached hydrogens (primary N) is 1. The fraction of sp³-hybridized carbons (Fsp3) is 0.533. The summed E-state index contributed by atoms with van der Waals surface area (Å²) >= 11 is 0. The van der Waals surface area contributed by atoms with Crippen LogP contribution in [0.4, 0.5) is 5.82 Å². The lowest BCUT2D eigenvalue weighted by Gasteiger charge is -2.34. The summed E-state index contributed by atoms with van der Waals surface area (Å²) in [5, 5.41) is 9.36. The van der Waals surface area contributed by atoms with Crippen LogP contribution in [0.15, 0.2) is 6.07 Å². The molecule has 0 saturated heterocycles. The van der Waals surface area contributed by atoms with Crippen LogP contribution in [-0.4, -0.2) is 34.6 Å². The van der Waals surface area contributed by atoms with Crippen molar-refractivity contribution in [2.24, 2.45) is 5.73 Å². The van der Waals surface area contributed by atoms with Crippen molar-refractivity contribution in [3.63, 3.8) is 0 Å². The number of hydrogen-bond donors (Lipinski definition) is 2. The van der Waals surface area contributed by atoms with Gasteiger partial charge in [0.25, 0.3) is 5.91 Å². The molecule has 0 saturated carbocycles. The van der Waals surface area contributed by atoms with E-state index in [1.54, 1.807) is 27.0 Å². The molecule has 0 fully saturated rings. The van der Waals surface area contributed by atoms with Crippen molar-refractivity contribution < 1.29 is 14.7 Å². The molecule has 0 atom stereocenters. The number of pyridine rings is 1. The Balaban J connectivity index is 2.56. The number of anilines is 1. The Morgan fingerprint density at radius 3 is 2.52 bits per heavy atom. The molecule has 1 aromatic heterocycles. The summed E-state index contributed by atoms with van der Waals surface area (Å²) in [5.41, 5.74) is 6.54. The van der Waals surface area contributed by atoms with E-state index in [0.717, 1.165) is 36.9 Å². The average molecular weight is 291 g/mol. The first-order valence-corrected chi connectivity index (χ1v) is 7.05. The SMILES string of the molecule is CN(c1nc2c(cc1C(N)=O)CCCC2)C(C)(C)C(=O)O. The minimum atomic E-state index is -1.18. The number of aryl methyl sites for hydroxylation is 2. The molecule has 1 aliphatic carbocycles. The highest BCUT2D eigenvalue weighted by Crippen LogP contribution is 2.29. The number of hydrogen-bond acceptors (Lipinski definition) is 4. The normalized spacial score (nSPS) is 14.4. The van der Waals surface area contributed by atoms with Crippen LogP contribution in [0.5, 0.6) is 0 Å². The standard InChI is InChI=1S/C15H21N3O3/c1-15(2,14(20)21)18(3)13-10(12(16)19)8-9-6-4-5-7-11(9)17-13/h8H,4-7H2,1-3H3,(H2,16,19)(H,20,21). The topological polar surface area (TPSA) is 96.5 Å². The Morgan fingerprint density at radius 2 is 1.95 bits per heavy atom.